The van der Waals surface area contributed by atoms with E-state index in [1.807, 2.05) is 0 Å². The maximum atomic E-state index is 10.4. The van der Waals surface area contributed by atoms with Gasteiger partial charge in [0.25, 0.3) is 0 Å². The van der Waals surface area contributed by atoms with Crippen LogP contribution >= 0.6 is 0 Å². The van der Waals surface area contributed by atoms with Crippen LogP contribution < -0.4 is 11.5 Å². The van der Waals surface area contributed by atoms with Crippen molar-refractivity contribution in [2.24, 2.45) is 22.4 Å². The average molecular weight is 259 g/mol. The van der Waals surface area contributed by atoms with Gasteiger partial charge in [-0.3, -0.25) is 14.6 Å². The van der Waals surface area contributed by atoms with E-state index in [9.17, 15) is 9.59 Å². The first-order chi connectivity index (χ1) is 8.18. The van der Waals surface area contributed by atoms with Gasteiger partial charge in [0.15, 0.2) is 0 Å². The zero-order valence-electron chi connectivity index (χ0n) is 11.6. The van der Waals surface area contributed by atoms with Crippen LogP contribution in [0.15, 0.2) is 4.99 Å². The second-order valence-electron chi connectivity index (χ2n) is 4.30. The molecule has 0 unspecified atom stereocenters. The first-order valence-electron chi connectivity index (χ1n) is 5.93. The molecular weight excluding hydrogens is 234 g/mol. The Morgan fingerprint density at radius 1 is 1.28 bits per heavy atom. The summed E-state index contributed by atoms with van der Waals surface area (Å²) in [7, 11) is 0. The Kier molecular flexibility index (Phi) is 11.3. The van der Waals surface area contributed by atoms with Crippen molar-refractivity contribution in [3.63, 3.8) is 0 Å². The van der Waals surface area contributed by atoms with Crippen LogP contribution in [-0.4, -0.2) is 35.3 Å². The van der Waals surface area contributed by atoms with Crippen LogP contribution in [0.5, 0.6) is 0 Å². The summed E-state index contributed by atoms with van der Waals surface area (Å²) < 4.78 is 0. The van der Waals surface area contributed by atoms with Crippen molar-refractivity contribution < 1.29 is 14.7 Å². The SMILES string of the molecule is CC(=O)[C@H](C)N.CC(N)=NCCC[C@H](C)C(=O)O. The Balaban J connectivity index is 0. The van der Waals surface area contributed by atoms with Crippen LogP contribution in [0.3, 0.4) is 0 Å². The van der Waals surface area contributed by atoms with Crippen molar-refractivity contribution >= 4 is 17.6 Å². The number of amidine groups is 1. The molecule has 6 heteroatoms. The number of aliphatic carboxylic acids is 1. The van der Waals surface area contributed by atoms with E-state index >= 15 is 0 Å². The van der Waals surface area contributed by atoms with E-state index < -0.39 is 5.97 Å². The zero-order chi connectivity index (χ0) is 14.7. The molecule has 0 radical (unpaired) electrons. The number of Topliss-reactive ketones (excluding diaryl/α,β-unsaturated/α-hetero) is 1. The summed E-state index contributed by atoms with van der Waals surface area (Å²) >= 11 is 0. The number of ketones is 1. The van der Waals surface area contributed by atoms with Gasteiger partial charge in [0.2, 0.25) is 0 Å². The molecule has 0 rings (SSSR count). The van der Waals surface area contributed by atoms with Crippen LogP contribution in [0.25, 0.3) is 0 Å². The third kappa shape index (κ3) is 14.6. The smallest absolute Gasteiger partial charge is 0.306 e. The van der Waals surface area contributed by atoms with Gasteiger partial charge in [0, 0.05) is 6.54 Å². The summed E-state index contributed by atoms with van der Waals surface area (Å²) in [5.74, 6) is -0.435. The number of carbonyl (C=O) groups is 2. The number of hydrogen-bond acceptors (Lipinski definition) is 4. The monoisotopic (exact) mass is 259 g/mol. The number of nitrogens with zero attached hydrogens (tertiary/aromatic N) is 1. The van der Waals surface area contributed by atoms with Gasteiger partial charge in [0.05, 0.1) is 17.8 Å². The third-order valence-corrected chi connectivity index (χ3v) is 2.22. The highest BCUT2D eigenvalue weighted by Gasteiger charge is 2.08. The fraction of sp³-hybridized carbons (Fsp3) is 0.750. The molecule has 6 nitrogen and oxygen atoms in total. The molecule has 0 saturated carbocycles. The van der Waals surface area contributed by atoms with Crippen LogP contribution in [-0.2, 0) is 9.59 Å². The average Bonchev–Trinajstić information content (AvgIpc) is 2.24. The molecule has 0 amide bonds. The quantitative estimate of drug-likeness (QED) is 0.370. The highest BCUT2D eigenvalue weighted by molar-refractivity contribution is 5.80. The summed E-state index contributed by atoms with van der Waals surface area (Å²) in [6, 6.07) is -0.287. The van der Waals surface area contributed by atoms with Crippen molar-refractivity contribution in [2.45, 2.75) is 46.6 Å². The highest BCUT2D eigenvalue weighted by Crippen LogP contribution is 2.04. The summed E-state index contributed by atoms with van der Waals surface area (Å²) in [6.07, 6.45) is 1.44. The maximum absolute atomic E-state index is 10.4. The van der Waals surface area contributed by atoms with Crippen molar-refractivity contribution in [3.8, 4) is 0 Å². The molecular formula is C12H25N3O3. The lowest BCUT2D eigenvalue weighted by molar-refractivity contribution is -0.141. The molecule has 0 aromatic rings. The molecule has 18 heavy (non-hydrogen) atoms. The lowest BCUT2D eigenvalue weighted by atomic mass is 10.1. The van der Waals surface area contributed by atoms with Gasteiger partial charge in [-0.15, -0.1) is 0 Å². The Morgan fingerprint density at radius 3 is 2.00 bits per heavy atom. The molecule has 0 aromatic carbocycles. The first kappa shape index (κ1) is 18.9. The number of nitrogens with two attached hydrogens (primary N) is 2. The summed E-state index contributed by atoms with van der Waals surface area (Å²) in [6.45, 7) is 7.19. The Bertz CT molecular complexity index is 284. The van der Waals surface area contributed by atoms with Crippen LogP contribution in [0.2, 0.25) is 0 Å². The molecule has 5 N–H and O–H groups in total. The van der Waals surface area contributed by atoms with Gasteiger partial charge < -0.3 is 16.6 Å². The summed E-state index contributed by atoms with van der Waals surface area (Å²) in [4.78, 5) is 24.3. The number of carboxylic acid groups (broad SMARTS) is 1. The van der Waals surface area contributed by atoms with Gasteiger partial charge in [0.1, 0.15) is 5.78 Å². The summed E-state index contributed by atoms with van der Waals surface area (Å²) in [5.41, 5.74) is 10.4. The topological polar surface area (TPSA) is 119 Å². The molecule has 0 heterocycles. The van der Waals surface area contributed by atoms with Crippen molar-refractivity contribution in [2.75, 3.05) is 6.54 Å². The second kappa shape index (κ2) is 10.7. The van der Waals surface area contributed by atoms with Crippen molar-refractivity contribution in [3.05, 3.63) is 0 Å². The van der Waals surface area contributed by atoms with Crippen molar-refractivity contribution in [1.29, 1.82) is 0 Å². The van der Waals surface area contributed by atoms with Gasteiger partial charge in [-0.2, -0.15) is 0 Å². The number of rotatable bonds is 6. The lowest BCUT2D eigenvalue weighted by Gasteiger charge is -2.03. The third-order valence-electron chi connectivity index (χ3n) is 2.22. The number of hydrogen-bond donors (Lipinski definition) is 3. The number of carbonyl (C=O) groups excluding carboxylic acids is 1. The van der Waals surface area contributed by atoms with E-state index in [0.29, 0.717) is 18.8 Å². The molecule has 0 bridgehead atoms. The fourth-order valence-electron chi connectivity index (χ4n) is 0.776. The van der Waals surface area contributed by atoms with Gasteiger partial charge in [-0.1, -0.05) is 6.92 Å². The first-order valence-corrected chi connectivity index (χ1v) is 5.93. The van der Waals surface area contributed by atoms with Crippen molar-refractivity contribution in [1.82, 2.24) is 0 Å². The van der Waals surface area contributed by atoms with E-state index in [2.05, 4.69) is 4.99 Å². The fourth-order valence-corrected chi connectivity index (χ4v) is 0.776. The molecule has 0 fully saturated rings. The lowest BCUT2D eigenvalue weighted by Crippen LogP contribution is -2.23. The number of carboxylic acids is 1. The minimum absolute atomic E-state index is 0.0370. The largest absolute Gasteiger partial charge is 0.481 e. The number of aliphatic imine (C=N–C) groups is 1. The minimum Gasteiger partial charge on any atom is -0.481 e. The second-order valence-corrected chi connectivity index (χ2v) is 4.30. The highest BCUT2D eigenvalue weighted by atomic mass is 16.4. The molecule has 0 saturated heterocycles. The van der Waals surface area contributed by atoms with E-state index in [0.717, 1.165) is 6.42 Å². The minimum atomic E-state index is -0.747. The summed E-state index contributed by atoms with van der Waals surface area (Å²) in [5, 5.41) is 8.53. The molecule has 0 spiro atoms. The van der Waals surface area contributed by atoms with Crippen LogP contribution in [0.4, 0.5) is 0 Å². The van der Waals surface area contributed by atoms with E-state index in [1.165, 1.54) is 6.92 Å². The van der Waals surface area contributed by atoms with Crippen LogP contribution in [0, 0.1) is 5.92 Å². The Morgan fingerprint density at radius 2 is 1.72 bits per heavy atom. The van der Waals surface area contributed by atoms with E-state index in [4.69, 9.17) is 16.6 Å². The Hall–Kier alpha value is -1.43. The molecule has 0 aliphatic carbocycles. The maximum Gasteiger partial charge on any atom is 0.306 e. The van der Waals surface area contributed by atoms with E-state index in [-0.39, 0.29) is 17.7 Å². The standard InChI is InChI=1S/C8H16N2O2.C4H9NO/c1-6(8(11)12)4-3-5-10-7(2)9;1-3(5)4(2)6/h6H,3-5H2,1-2H3,(H2,9,10)(H,11,12);3H,5H2,1-2H3/t6-;3-/m00/s1. The van der Waals surface area contributed by atoms with Gasteiger partial charge >= 0.3 is 5.97 Å². The van der Waals surface area contributed by atoms with E-state index in [1.54, 1.807) is 20.8 Å². The van der Waals surface area contributed by atoms with Gasteiger partial charge in [-0.05, 0) is 33.6 Å². The molecule has 0 aromatic heterocycles. The molecule has 0 aliphatic rings. The predicted molar refractivity (Wildman–Crippen MR) is 72.5 cm³/mol. The van der Waals surface area contributed by atoms with Gasteiger partial charge in [-0.25, -0.2) is 0 Å². The molecule has 2 atom stereocenters. The Labute approximate surface area is 108 Å². The molecule has 0 aliphatic heterocycles. The zero-order valence-corrected chi connectivity index (χ0v) is 11.6. The molecule has 106 valence electrons. The normalized spacial score (nSPS) is 14.2. The van der Waals surface area contributed by atoms with Crippen LogP contribution in [0.1, 0.15) is 40.5 Å². The predicted octanol–water partition coefficient (Wildman–Crippen LogP) is 0.787.